The van der Waals surface area contributed by atoms with E-state index in [1.165, 1.54) is 0 Å². The van der Waals surface area contributed by atoms with Crippen molar-refractivity contribution in [2.75, 3.05) is 19.7 Å². The van der Waals surface area contributed by atoms with Crippen molar-refractivity contribution >= 4 is 12.0 Å². The summed E-state index contributed by atoms with van der Waals surface area (Å²) in [5.41, 5.74) is 2.09. The molecule has 0 fully saturated rings. The molecule has 2 N–H and O–H groups in total. The maximum Gasteiger partial charge on any atom is 0.325 e. The number of esters is 1. The van der Waals surface area contributed by atoms with Gasteiger partial charge in [0.15, 0.2) is 0 Å². The largest absolute Gasteiger partial charge is 0.465 e. The number of carbonyl (C=O) groups excluding carboxylic acids is 2. The van der Waals surface area contributed by atoms with Crippen LogP contribution < -0.4 is 10.6 Å². The van der Waals surface area contributed by atoms with Gasteiger partial charge in [-0.05, 0) is 33.3 Å². The third-order valence-electron chi connectivity index (χ3n) is 2.63. The number of carbonyl (C=O) groups is 2. The third-order valence-corrected chi connectivity index (χ3v) is 2.63. The average Bonchev–Trinajstić information content (AvgIpc) is 2.71. The monoisotopic (exact) mass is 282 g/mol. The molecule has 1 aromatic rings. The van der Waals surface area contributed by atoms with E-state index in [1.54, 1.807) is 6.92 Å². The van der Waals surface area contributed by atoms with E-state index in [-0.39, 0.29) is 12.6 Å². The van der Waals surface area contributed by atoms with Crippen molar-refractivity contribution in [3.63, 3.8) is 0 Å². The van der Waals surface area contributed by atoms with Gasteiger partial charge in [0.2, 0.25) is 0 Å². The molecule has 0 unspecified atom stereocenters. The molecule has 0 aliphatic heterocycles. The predicted molar refractivity (Wildman–Crippen MR) is 74.4 cm³/mol. The van der Waals surface area contributed by atoms with Crippen molar-refractivity contribution < 1.29 is 14.3 Å². The first-order valence-corrected chi connectivity index (χ1v) is 6.71. The lowest BCUT2D eigenvalue weighted by Gasteiger charge is -2.08. The molecule has 0 saturated heterocycles. The van der Waals surface area contributed by atoms with Gasteiger partial charge in [0.1, 0.15) is 6.54 Å². The van der Waals surface area contributed by atoms with Crippen LogP contribution in [0, 0.1) is 13.8 Å². The number of amides is 2. The fraction of sp³-hybridized carbons (Fsp3) is 0.615. The number of aromatic nitrogens is 2. The van der Waals surface area contributed by atoms with Gasteiger partial charge in [-0.1, -0.05) is 0 Å². The molecule has 0 aliphatic carbocycles. The lowest BCUT2D eigenvalue weighted by molar-refractivity contribution is -0.141. The second kappa shape index (κ2) is 8.19. The molecule has 2 amide bonds. The molecule has 0 atom stereocenters. The Labute approximate surface area is 118 Å². The summed E-state index contributed by atoms with van der Waals surface area (Å²) in [5, 5.41) is 9.45. The Hall–Kier alpha value is -2.05. The number of aryl methyl sites for hydroxylation is 3. The molecule has 0 radical (unpaired) electrons. The van der Waals surface area contributed by atoms with Crippen LogP contribution in [0.4, 0.5) is 4.79 Å². The first kappa shape index (κ1) is 16.0. The van der Waals surface area contributed by atoms with Crippen LogP contribution in [0.2, 0.25) is 0 Å². The third kappa shape index (κ3) is 5.73. The second-order valence-corrected chi connectivity index (χ2v) is 4.42. The molecular formula is C13H22N4O3. The van der Waals surface area contributed by atoms with Crippen LogP contribution in [-0.2, 0) is 16.1 Å². The summed E-state index contributed by atoms with van der Waals surface area (Å²) < 4.78 is 6.61. The first-order chi connectivity index (χ1) is 9.52. The van der Waals surface area contributed by atoms with Crippen LogP contribution in [0.25, 0.3) is 0 Å². The molecule has 1 aromatic heterocycles. The van der Waals surface area contributed by atoms with E-state index in [0.717, 1.165) is 24.4 Å². The van der Waals surface area contributed by atoms with Crippen molar-refractivity contribution in [2.24, 2.45) is 0 Å². The Morgan fingerprint density at radius 3 is 2.70 bits per heavy atom. The van der Waals surface area contributed by atoms with Gasteiger partial charge in [-0.15, -0.1) is 0 Å². The molecule has 20 heavy (non-hydrogen) atoms. The van der Waals surface area contributed by atoms with Gasteiger partial charge in [0.25, 0.3) is 0 Å². The topological polar surface area (TPSA) is 85.2 Å². The molecule has 7 heteroatoms. The van der Waals surface area contributed by atoms with Gasteiger partial charge >= 0.3 is 12.0 Å². The Bertz CT molecular complexity index is 456. The van der Waals surface area contributed by atoms with Crippen molar-refractivity contribution in [3.8, 4) is 0 Å². The summed E-state index contributed by atoms with van der Waals surface area (Å²) in [7, 11) is 0. The number of nitrogens with zero attached hydrogens (tertiary/aromatic N) is 2. The molecule has 1 rings (SSSR count). The van der Waals surface area contributed by atoms with Crippen LogP contribution in [0.15, 0.2) is 6.07 Å². The van der Waals surface area contributed by atoms with Gasteiger partial charge < -0.3 is 15.4 Å². The molecule has 0 aromatic carbocycles. The minimum Gasteiger partial charge on any atom is -0.465 e. The predicted octanol–water partition coefficient (Wildman–Crippen LogP) is 0.752. The summed E-state index contributed by atoms with van der Waals surface area (Å²) >= 11 is 0. The fourth-order valence-corrected chi connectivity index (χ4v) is 1.76. The quantitative estimate of drug-likeness (QED) is 0.571. The van der Waals surface area contributed by atoms with Crippen LogP contribution >= 0.6 is 0 Å². The number of rotatable bonds is 7. The highest BCUT2D eigenvalue weighted by Crippen LogP contribution is 2.01. The molecule has 0 spiro atoms. The SMILES string of the molecule is CCOC(=O)CNC(=O)NCCCn1nc(C)cc1C. The van der Waals surface area contributed by atoms with E-state index in [0.29, 0.717) is 13.2 Å². The van der Waals surface area contributed by atoms with Crippen molar-refractivity contribution in [1.82, 2.24) is 20.4 Å². The van der Waals surface area contributed by atoms with Gasteiger partial charge in [0, 0.05) is 18.8 Å². The highest BCUT2D eigenvalue weighted by Gasteiger charge is 2.05. The highest BCUT2D eigenvalue weighted by molar-refractivity contribution is 5.80. The Balaban J connectivity index is 2.13. The molecule has 0 saturated carbocycles. The Morgan fingerprint density at radius 2 is 2.10 bits per heavy atom. The zero-order valence-electron chi connectivity index (χ0n) is 12.2. The molecule has 0 bridgehead atoms. The maximum atomic E-state index is 11.4. The van der Waals surface area contributed by atoms with E-state index in [1.807, 2.05) is 24.6 Å². The van der Waals surface area contributed by atoms with Crippen LogP contribution in [0.5, 0.6) is 0 Å². The molecular weight excluding hydrogens is 260 g/mol. The second-order valence-electron chi connectivity index (χ2n) is 4.42. The lowest BCUT2D eigenvalue weighted by atomic mass is 10.4. The number of nitrogens with one attached hydrogen (secondary N) is 2. The zero-order valence-corrected chi connectivity index (χ0v) is 12.2. The molecule has 1 heterocycles. The summed E-state index contributed by atoms with van der Waals surface area (Å²) in [5.74, 6) is -0.440. The van der Waals surface area contributed by atoms with Crippen LogP contribution in [0.3, 0.4) is 0 Å². The van der Waals surface area contributed by atoms with Crippen molar-refractivity contribution in [3.05, 3.63) is 17.5 Å². The standard InChI is InChI=1S/C13H22N4O3/c1-4-20-12(18)9-15-13(19)14-6-5-7-17-11(3)8-10(2)16-17/h8H,4-7,9H2,1-3H3,(H2,14,15,19). The normalized spacial score (nSPS) is 10.2. The summed E-state index contributed by atoms with van der Waals surface area (Å²) in [6.45, 7) is 7.13. The van der Waals surface area contributed by atoms with Gasteiger partial charge in [-0.3, -0.25) is 9.48 Å². The summed E-state index contributed by atoms with van der Waals surface area (Å²) in [6, 6.07) is 1.64. The molecule has 0 aliphatic rings. The van der Waals surface area contributed by atoms with Crippen LogP contribution in [-0.4, -0.2) is 41.5 Å². The van der Waals surface area contributed by atoms with Crippen molar-refractivity contribution in [1.29, 1.82) is 0 Å². The molecule has 112 valence electrons. The lowest BCUT2D eigenvalue weighted by Crippen LogP contribution is -2.39. The fourth-order valence-electron chi connectivity index (χ4n) is 1.76. The van der Waals surface area contributed by atoms with E-state index in [9.17, 15) is 9.59 Å². The Morgan fingerprint density at radius 1 is 1.35 bits per heavy atom. The maximum absolute atomic E-state index is 11.4. The highest BCUT2D eigenvalue weighted by atomic mass is 16.5. The molecule has 7 nitrogen and oxygen atoms in total. The number of hydrogen-bond acceptors (Lipinski definition) is 4. The number of ether oxygens (including phenoxy) is 1. The smallest absolute Gasteiger partial charge is 0.325 e. The van der Waals surface area contributed by atoms with Gasteiger partial charge in [0.05, 0.1) is 12.3 Å². The zero-order chi connectivity index (χ0) is 15.0. The Kier molecular flexibility index (Phi) is 6.55. The average molecular weight is 282 g/mol. The number of hydrogen-bond donors (Lipinski definition) is 2. The minimum atomic E-state index is -0.440. The van der Waals surface area contributed by atoms with E-state index in [4.69, 9.17) is 4.74 Å². The first-order valence-electron chi connectivity index (χ1n) is 6.71. The van der Waals surface area contributed by atoms with Crippen LogP contribution in [0.1, 0.15) is 24.7 Å². The van der Waals surface area contributed by atoms with E-state index < -0.39 is 5.97 Å². The number of urea groups is 1. The minimum absolute atomic E-state index is 0.114. The van der Waals surface area contributed by atoms with E-state index >= 15 is 0 Å². The van der Waals surface area contributed by atoms with Crippen molar-refractivity contribution in [2.45, 2.75) is 33.7 Å². The van der Waals surface area contributed by atoms with E-state index in [2.05, 4.69) is 15.7 Å². The van der Waals surface area contributed by atoms with Gasteiger partial charge in [-0.25, -0.2) is 4.79 Å². The summed E-state index contributed by atoms with van der Waals surface area (Å²) in [6.07, 6.45) is 0.773. The summed E-state index contributed by atoms with van der Waals surface area (Å²) in [4.78, 5) is 22.4. The van der Waals surface area contributed by atoms with Gasteiger partial charge in [-0.2, -0.15) is 5.10 Å².